The van der Waals surface area contributed by atoms with Crippen LogP contribution >= 0.6 is 0 Å². The van der Waals surface area contributed by atoms with E-state index in [9.17, 15) is 4.79 Å². The molecular weight excluding hydrogens is 240 g/mol. The van der Waals surface area contributed by atoms with Crippen LogP contribution in [0.25, 0.3) is 0 Å². The summed E-state index contributed by atoms with van der Waals surface area (Å²) in [5, 5.41) is 3.09. The Balaban J connectivity index is 2.41. The molecule has 1 heterocycles. The Morgan fingerprint density at radius 3 is 2.68 bits per heavy atom. The van der Waals surface area contributed by atoms with Gasteiger partial charge in [-0.15, -0.1) is 0 Å². The number of piperidine rings is 1. The minimum Gasteiger partial charge on any atom is -0.468 e. The number of rotatable bonds is 6. The molecule has 0 aliphatic carbocycles. The quantitative estimate of drug-likeness (QED) is 0.750. The predicted molar refractivity (Wildman–Crippen MR) is 78.1 cm³/mol. The van der Waals surface area contributed by atoms with Gasteiger partial charge < -0.3 is 15.0 Å². The minimum atomic E-state index is -0.556. The summed E-state index contributed by atoms with van der Waals surface area (Å²) < 4.78 is 4.87. The third kappa shape index (κ3) is 4.46. The summed E-state index contributed by atoms with van der Waals surface area (Å²) in [6.45, 7) is 8.81. The molecule has 0 aromatic carbocycles. The molecule has 112 valence electrons. The predicted octanol–water partition coefficient (Wildman–Crippen LogP) is 2.04. The van der Waals surface area contributed by atoms with Crippen molar-refractivity contribution in [1.29, 1.82) is 0 Å². The van der Waals surface area contributed by atoms with Crippen LogP contribution < -0.4 is 5.32 Å². The van der Waals surface area contributed by atoms with Crippen LogP contribution in [0.2, 0.25) is 0 Å². The van der Waals surface area contributed by atoms with E-state index in [1.165, 1.54) is 26.5 Å². The third-order valence-electron chi connectivity index (χ3n) is 4.56. The number of esters is 1. The number of likely N-dealkylation sites (N-methyl/N-ethyl adjacent to an activating group) is 1. The van der Waals surface area contributed by atoms with Gasteiger partial charge in [-0.1, -0.05) is 6.92 Å². The highest BCUT2D eigenvalue weighted by atomic mass is 16.5. The molecule has 0 aromatic heterocycles. The molecule has 1 fully saturated rings. The Bertz CT molecular complexity index is 296. The highest BCUT2D eigenvalue weighted by molar-refractivity contribution is 5.80. The number of likely N-dealkylation sites (tertiary alicyclic amines) is 1. The van der Waals surface area contributed by atoms with E-state index in [1.807, 2.05) is 14.0 Å². The summed E-state index contributed by atoms with van der Waals surface area (Å²) >= 11 is 0. The number of nitrogens with zero attached hydrogens (tertiary/aromatic N) is 1. The SMILES string of the molecule is CNC(C)(CCCN1CC(C)CCC1C)C(=O)OC. The fourth-order valence-corrected chi connectivity index (χ4v) is 2.88. The molecule has 1 aliphatic heterocycles. The maximum absolute atomic E-state index is 11.8. The van der Waals surface area contributed by atoms with Gasteiger partial charge in [-0.3, -0.25) is 4.79 Å². The van der Waals surface area contributed by atoms with Gasteiger partial charge in [0.1, 0.15) is 5.54 Å². The van der Waals surface area contributed by atoms with Crippen molar-refractivity contribution in [3.05, 3.63) is 0 Å². The Hall–Kier alpha value is -0.610. The molecule has 0 bridgehead atoms. The van der Waals surface area contributed by atoms with Crippen molar-refractivity contribution in [2.75, 3.05) is 27.2 Å². The molecule has 4 heteroatoms. The fraction of sp³-hybridized carbons (Fsp3) is 0.933. The highest BCUT2D eigenvalue weighted by Gasteiger charge is 2.32. The second-order valence-corrected chi connectivity index (χ2v) is 6.20. The summed E-state index contributed by atoms with van der Waals surface area (Å²) in [7, 11) is 3.27. The Kier molecular flexibility index (Phi) is 6.27. The van der Waals surface area contributed by atoms with Gasteiger partial charge in [0.15, 0.2) is 0 Å². The molecule has 1 N–H and O–H groups in total. The largest absolute Gasteiger partial charge is 0.468 e. The van der Waals surface area contributed by atoms with Crippen molar-refractivity contribution in [3.8, 4) is 0 Å². The Morgan fingerprint density at radius 1 is 1.42 bits per heavy atom. The van der Waals surface area contributed by atoms with Gasteiger partial charge in [0.05, 0.1) is 7.11 Å². The number of methoxy groups -OCH3 is 1. The minimum absolute atomic E-state index is 0.171. The number of nitrogens with one attached hydrogen (secondary N) is 1. The van der Waals surface area contributed by atoms with Crippen LogP contribution in [0.15, 0.2) is 0 Å². The summed E-state index contributed by atoms with van der Waals surface area (Å²) in [6.07, 6.45) is 4.47. The normalized spacial score (nSPS) is 27.8. The molecule has 1 rings (SSSR count). The lowest BCUT2D eigenvalue weighted by Gasteiger charge is -2.37. The summed E-state index contributed by atoms with van der Waals surface area (Å²) in [6, 6.07) is 0.676. The van der Waals surface area contributed by atoms with Gasteiger partial charge in [0.25, 0.3) is 0 Å². The van der Waals surface area contributed by atoms with Crippen molar-refractivity contribution in [3.63, 3.8) is 0 Å². The lowest BCUT2D eigenvalue weighted by molar-refractivity contribution is -0.148. The topological polar surface area (TPSA) is 41.6 Å². The van der Waals surface area contributed by atoms with E-state index in [0.717, 1.165) is 25.3 Å². The van der Waals surface area contributed by atoms with Crippen LogP contribution in [0.4, 0.5) is 0 Å². The summed E-state index contributed by atoms with van der Waals surface area (Å²) in [5.41, 5.74) is -0.556. The second-order valence-electron chi connectivity index (χ2n) is 6.20. The van der Waals surface area contributed by atoms with Crippen molar-refractivity contribution in [2.45, 2.75) is 58.0 Å². The van der Waals surface area contributed by atoms with E-state index in [-0.39, 0.29) is 5.97 Å². The molecular formula is C15H30N2O2. The third-order valence-corrected chi connectivity index (χ3v) is 4.56. The average molecular weight is 270 g/mol. The first kappa shape index (κ1) is 16.4. The van der Waals surface area contributed by atoms with Gasteiger partial charge in [-0.25, -0.2) is 0 Å². The maximum atomic E-state index is 11.8. The van der Waals surface area contributed by atoms with Crippen LogP contribution in [0.1, 0.15) is 46.5 Å². The number of hydrogen-bond acceptors (Lipinski definition) is 4. The van der Waals surface area contributed by atoms with Gasteiger partial charge in [-0.05, 0) is 59.0 Å². The highest BCUT2D eigenvalue weighted by Crippen LogP contribution is 2.22. The molecule has 3 unspecified atom stereocenters. The van der Waals surface area contributed by atoms with E-state index >= 15 is 0 Å². The van der Waals surface area contributed by atoms with Crippen LogP contribution in [0, 0.1) is 5.92 Å². The summed E-state index contributed by atoms with van der Waals surface area (Å²) in [4.78, 5) is 14.3. The van der Waals surface area contributed by atoms with Gasteiger partial charge >= 0.3 is 5.97 Å². The average Bonchev–Trinajstić information content (AvgIpc) is 2.41. The molecule has 0 radical (unpaired) electrons. The maximum Gasteiger partial charge on any atom is 0.325 e. The fourth-order valence-electron chi connectivity index (χ4n) is 2.88. The van der Waals surface area contributed by atoms with Crippen LogP contribution in [-0.4, -0.2) is 49.7 Å². The Morgan fingerprint density at radius 2 is 2.11 bits per heavy atom. The summed E-state index contributed by atoms with van der Waals surface area (Å²) in [5.74, 6) is 0.627. The molecule has 0 spiro atoms. The van der Waals surface area contributed by atoms with Crippen molar-refractivity contribution in [2.24, 2.45) is 5.92 Å². The molecule has 1 aliphatic rings. The van der Waals surface area contributed by atoms with E-state index < -0.39 is 5.54 Å². The zero-order valence-corrected chi connectivity index (χ0v) is 13.2. The van der Waals surface area contributed by atoms with E-state index in [4.69, 9.17) is 4.74 Å². The van der Waals surface area contributed by atoms with Crippen LogP contribution in [-0.2, 0) is 9.53 Å². The van der Waals surface area contributed by atoms with Gasteiger partial charge in [0.2, 0.25) is 0 Å². The van der Waals surface area contributed by atoms with Crippen molar-refractivity contribution in [1.82, 2.24) is 10.2 Å². The molecule has 4 nitrogen and oxygen atoms in total. The second kappa shape index (κ2) is 7.25. The number of hydrogen-bond donors (Lipinski definition) is 1. The number of carbonyl (C=O) groups excluding carboxylic acids is 1. The van der Waals surface area contributed by atoms with Crippen molar-refractivity contribution < 1.29 is 9.53 Å². The zero-order chi connectivity index (χ0) is 14.5. The van der Waals surface area contributed by atoms with Gasteiger partial charge in [0, 0.05) is 12.6 Å². The monoisotopic (exact) mass is 270 g/mol. The number of ether oxygens (including phenoxy) is 1. The first-order valence-corrected chi connectivity index (χ1v) is 7.44. The molecule has 0 amide bonds. The molecule has 0 saturated carbocycles. The number of carbonyl (C=O) groups is 1. The van der Waals surface area contributed by atoms with Crippen LogP contribution in [0.5, 0.6) is 0 Å². The van der Waals surface area contributed by atoms with E-state index in [1.54, 1.807) is 0 Å². The first-order valence-electron chi connectivity index (χ1n) is 7.44. The Labute approximate surface area is 117 Å². The molecule has 3 atom stereocenters. The molecule has 1 saturated heterocycles. The lowest BCUT2D eigenvalue weighted by Crippen LogP contribution is -2.49. The van der Waals surface area contributed by atoms with E-state index in [2.05, 4.69) is 24.1 Å². The van der Waals surface area contributed by atoms with Crippen LogP contribution in [0.3, 0.4) is 0 Å². The molecule has 0 aromatic rings. The lowest BCUT2D eigenvalue weighted by atomic mass is 9.93. The smallest absolute Gasteiger partial charge is 0.325 e. The molecule has 19 heavy (non-hydrogen) atoms. The van der Waals surface area contributed by atoms with E-state index in [0.29, 0.717) is 6.04 Å². The zero-order valence-electron chi connectivity index (χ0n) is 13.2. The first-order chi connectivity index (χ1) is 8.92. The standard InChI is InChI=1S/C15H30N2O2/c1-12-7-8-13(2)17(11-12)10-6-9-15(3,16-4)14(18)19-5/h12-13,16H,6-11H2,1-5H3. The van der Waals surface area contributed by atoms with Crippen molar-refractivity contribution >= 4 is 5.97 Å². The van der Waals surface area contributed by atoms with Gasteiger partial charge in [-0.2, -0.15) is 0 Å².